The van der Waals surface area contributed by atoms with Crippen LogP contribution in [0.3, 0.4) is 0 Å². The third kappa shape index (κ3) is 2.88. The molecule has 3 nitrogen and oxygen atoms in total. The predicted octanol–water partition coefficient (Wildman–Crippen LogP) is 4.52. The molecule has 0 bridgehead atoms. The van der Waals surface area contributed by atoms with Gasteiger partial charge in [0.15, 0.2) is 10.9 Å². The summed E-state index contributed by atoms with van der Waals surface area (Å²) in [5.74, 6) is 0.0761. The molecule has 0 radical (unpaired) electrons. The van der Waals surface area contributed by atoms with Gasteiger partial charge in [-0.25, -0.2) is 4.98 Å². The number of aromatic nitrogens is 1. The number of thiazole rings is 1. The fourth-order valence-corrected chi connectivity index (χ4v) is 3.22. The number of fused-ring (bicyclic) bond motifs is 1. The molecule has 1 aromatic heterocycles. The van der Waals surface area contributed by atoms with E-state index in [1.807, 2.05) is 31.2 Å². The molecule has 1 N–H and O–H groups in total. The van der Waals surface area contributed by atoms with E-state index in [0.29, 0.717) is 0 Å². The summed E-state index contributed by atoms with van der Waals surface area (Å²) in [4.78, 5) is 16.8. The number of rotatable bonds is 4. The van der Waals surface area contributed by atoms with Gasteiger partial charge in [0, 0.05) is 5.56 Å². The van der Waals surface area contributed by atoms with E-state index >= 15 is 0 Å². The van der Waals surface area contributed by atoms with Gasteiger partial charge in [-0.05, 0) is 38.0 Å². The van der Waals surface area contributed by atoms with Crippen molar-refractivity contribution in [1.29, 1.82) is 0 Å². The maximum absolute atomic E-state index is 12.2. The molecule has 0 aliphatic carbocycles. The number of ketones is 1. The molecule has 2 aromatic carbocycles. The lowest BCUT2D eigenvalue weighted by Crippen LogP contribution is -2.13. The number of hydrogen-bond acceptors (Lipinski definition) is 4. The van der Waals surface area contributed by atoms with Crippen LogP contribution in [0, 0.1) is 20.8 Å². The van der Waals surface area contributed by atoms with Crippen molar-refractivity contribution in [2.24, 2.45) is 0 Å². The molecule has 0 fully saturated rings. The molecular formula is C18H18N2OS. The van der Waals surface area contributed by atoms with E-state index in [2.05, 4.69) is 36.3 Å². The summed E-state index contributed by atoms with van der Waals surface area (Å²) in [6.07, 6.45) is 0. The number of nitrogens with zero attached hydrogens (tertiary/aromatic N) is 1. The molecule has 0 unspecified atom stereocenters. The number of aryl methyl sites for hydroxylation is 3. The maximum atomic E-state index is 12.2. The summed E-state index contributed by atoms with van der Waals surface area (Å²) >= 11 is 1.59. The highest BCUT2D eigenvalue weighted by Gasteiger charge is 2.10. The van der Waals surface area contributed by atoms with Gasteiger partial charge in [-0.3, -0.25) is 4.79 Å². The minimum atomic E-state index is 0.0761. The third-order valence-electron chi connectivity index (χ3n) is 3.86. The van der Waals surface area contributed by atoms with Gasteiger partial charge in [-0.2, -0.15) is 0 Å². The van der Waals surface area contributed by atoms with Gasteiger partial charge in [0.1, 0.15) is 0 Å². The van der Waals surface area contributed by atoms with E-state index < -0.39 is 0 Å². The van der Waals surface area contributed by atoms with Crippen LogP contribution in [0.4, 0.5) is 5.13 Å². The summed E-state index contributed by atoms with van der Waals surface area (Å²) in [5.41, 5.74) is 5.34. The number of Topliss-reactive ketones (excluding diaryl/α,β-unsaturated/α-hetero) is 1. The van der Waals surface area contributed by atoms with E-state index in [1.54, 1.807) is 11.3 Å². The molecule has 0 saturated carbocycles. The smallest absolute Gasteiger partial charge is 0.184 e. The highest BCUT2D eigenvalue weighted by molar-refractivity contribution is 7.22. The molecule has 0 spiro atoms. The highest BCUT2D eigenvalue weighted by atomic mass is 32.1. The van der Waals surface area contributed by atoms with Crippen LogP contribution in [-0.4, -0.2) is 17.3 Å². The largest absolute Gasteiger partial charge is 0.354 e. The maximum Gasteiger partial charge on any atom is 0.184 e. The first-order valence-corrected chi connectivity index (χ1v) is 8.07. The molecule has 1 heterocycles. The van der Waals surface area contributed by atoms with Gasteiger partial charge in [-0.15, -0.1) is 0 Å². The van der Waals surface area contributed by atoms with Gasteiger partial charge in [0.2, 0.25) is 0 Å². The van der Waals surface area contributed by atoms with E-state index in [1.165, 1.54) is 11.1 Å². The minimum Gasteiger partial charge on any atom is -0.354 e. The van der Waals surface area contributed by atoms with Crippen molar-refractivity contribution in [3.05, 3.63) is 58.7 Å². The fourth-order valence-electron chi connectivity index (χ4n) is 2.30. The topological polar surface area (TPSA) is 42.0 Å². The molecule has 112 valence electrons. The number of carbonyl (C=O) groups is 1. The summed E-state index contributed by atoms with van der Waals surface area (Å²) in [6, 6.07) is 11.8. The summed E-state index contributed by atoms with van der Waals surface area (Å²) in [7, 11) is 0. The molecule has 0 aliphatic heterocycles. The standard InChI is InChI=1S/C18H18N2OS/c1-11-4-7-14(8-5-11)15(21)10-19-18-20-17-13(3)12(2)6-9-16(17)22-18/h4-9H,10H2,1-3H3,(H,19,20). The molecule has 22 heavy (non-hydrogen) atoms. The van der Waals surface area contributed by atoms with E-state index in [9.17, 15) is 4.79 Å². The molecule has 0 atom stereocenters. The van der Waals surface area contributed by atoms with Crippen LogP contribution in [0.2, 0.25) is 0 Å². The Bertz CT molecular complexity index is 834. The molecule has 4 heteroatoms. The molecule has 0 aliphatic rings. The number of anilines is 1. The van der Waals surface area contributed by atoms with Crippen LogP contribution >= 0.6 is 11.3 Å². The van der Waals surface area contributed by atoms with Crippen LogP contribution in [0.15, 0.2) is 36.4 Å². The lowest BCUT2D eigenvalue weighted by molar-refractivity contribution is 0.101. The van der Waals surface area contributed by atoms with Crippen molar-refractivity contribution < 1.29 is 4.79 Å². The Hall–Kier alpha value is -2.20. The van der Waals surface area contributed by atoms with E-state index in [0.717, 1.165) is 26.5 Å². The quantitative estimate of drug-likeness (QED) is 0.721. The van der Waals surface area contributed by atoms with Crippen LogP contribution < -0.4 is 5.32 Å². The molecule has 3 rings (SSSR count). The zero-order valence-electron chi connectivity index (χ0n) is 12.9. The Morgan fingerprint density at radius 2 is 1.82 bits per heavy atom. The second-order valence-electron chi connectivity index (χ2n) is 5.52. The van der Waals surface area contributed by atoms with Crippen molar-refractivity contribution in [2.45, 2.75) is 20.8 Å². The first-order chi connectivity index (χ1) is 10.5. The third-order valence-corrected chi connectivity index (χ3v) is 4.84. The number of hydrogen-bond donors (Lipinski definition) is 1. The summed E-state index contributed by atoms with van der Waals surface area (Å²) in [5, 5.41) is 3.95. The second kappa shape index (κ2) is 5.89. The first-order valence-electron chi connectivity index (χ1n) is 7.25. The monoisotopic (exact) mass is 310 g/mol. The van der Waals surface area contributed by atoms with Crippen LogP contribution in [-0.2, 0) is 0 Å². The van der Waals surface area contributed by atoms with Gasteiger partial charge in [0.25, 0.3) is 0 Å². The highest BCUT2D eigenvalue weighted by Crippen LogP contribution is 2.29. The van der Waals surface area contributed by atoms with Gasteiger partial charge in [-0.1, -0.05) is 47.2 Å². The van der Waals surface area contributed by atoms with Crippen LogP contribution in [0.25, 0.3) is 10.2 Å². The number of carbonyl (C=O) groups excluding carboxylic acids is 1. The Kier molecular flexibility index (Phi) is 3.94. The molecule has 0 amide bonds. The number of nitrogens with one attached hydrogen (secondary N) is 1. The fraction of sp³-hybridized carbons (Fsp3) is 0.222. The van der Waals surface area contributed by atoms with Crippen molar-refractivity contribution in [3.63, 3.8) is 0 Å². The van der Waals surface area contributed by atoms with Crippen molar-refractivity contribution >= 4 is 32.5 Å². The molecule has 0 saturated heterocycles. The van der Waals surface area contributed by atoms with E-state index in [-0.39, 0.29) is 12.3 Å². The predicted molar refractivity (Wildman–Crippen MR) is 93.1 cm³/mol. The lowest BCUT2D eigenvalue weighted by atomic mass is 10.1. The summed E-state index contributed by atoms with van der Waals surface area (Å²) in [6.45, 7) is 6.44. The Morgan fingerprint density at radius 1 is 1.09 bits per heavy atom. The molecular weight excluding hydrogens is 292 g/mol. The Labute approximate surface area is 134 Å². The zero-order chi connectivity index (χ0) is 15.7. The minimum absolute atomic E-state index is 0.0761. The zero-order valence-corrected chi connectivity index (χ0v) is 13.8. The average Bonchev–Trinajstić information content (AvgIpc) is 2.93. The van der Waals surface area contributed by atoms with Crippen LogP contribution in [0.1, 0.15) is 27.0 Å². The normalized spacial score (nSPS) is 10.9. The Balaban J connectivity index is 1.75. The SMILES string of the molecule is Cc1ccc(C(=O)CNc2nc3c(C)c(C)ccc3s2)cc1. The Morgan fingerprint density at radius 3 is 2.55 bits per heavy atom. The lowest BCUT2D eigenvalue weighted by Gasteiger charge is -2.02. The van der Waals surface area contributed by atoms with Crippen molar-refractivity contribution in [1.82, 2.24) is 4.98 Å². The first kappa shape index (κ1) is 14.7. The van der Waals surface area contributed by atoms with E-state index in [4.69, 9.17) is 0 Å². The van der Waals surface area contributed by atoms with Crippen molar-refractivity contribution in [2.75, 3.05) is 11.9 Å². The van der Waals surface area contributed by atoms with Gasteiger partial charge in [0.05, 0.1) is 16.8 Å². The van der Waals surface area contributed by atoms with Gasteiger partial charge >= 0.3 is 0 Å². The number of benzene rings is 2. The second-order valence-corrected chi connectivity index (χ2v) is 6.55. The van der Waals surface area contributed by atoms with Gasteiger partial charge < -0.3 is 5.32 Å². The summed E-state index contributed by atoms with van der Waals surface area (Å²) < 4.78 is 1.15. The molecule has 3 aromatic rings. The van der Waals surface area contributed by atoms with Crippen LogP contribution in [0.5, 0.6) is 0 Å². The average molecular weight is 310 g/mol. The van der Waals surface area contributed by atoms with Crippen molar-refractivity contribution in [3.8, 4) is 0 Å².